The maximum Gasteiger partial charge on any atom is 0.417 e. The fourth-order valence-corrected chi connectivity index (χ4v) is 2.81. The molecule has 2 rings (SSSR count). The summed E-state index contributed by atoms with van der Waals surface area (Å²) in [5, 5.41) is 12.5. The molecule has 0 aliphatic heterocycles. The predicted octanol–water partition coefficient (Wildman–Crippen LogP) is 4.70. The molecule has 1 aromatic heterocycles. The molecular weight excluding hydrogens is 395 g/mol. The third kappa shape index (κ3) is 6.02. The minimum atomic E-state index is -4.52. The van der Waals surface area contributed by atoms with Gasteiger partial charge < -0.3 is 15.3 Å². The smallest absolute Gasteiger partial charge is 0.417 e. The molecule has 0 unspecified atom stereocenters. The van der Waals surface area contributed by atoms with Crippen molar-refractivity contribution in [2.24, 2.45) is 0 Å². The van der Waals surface area contributed by atoms with Crippen LogP contribution in [0.2, 0.25) is 5.02 Å². The van der Waals surface area contributed by atoms with Gasteiger partial charge >= 0.3 is 6.18 Å². The average molecular weight is 416 g/mol. The SMILES string of the molecule is CCCN(Cc1ccccc1O)C(=O)CCNc1ncc(C(F)(F)F)cc1Cl. The Balaban J connectivity index is 1.95. The van der Waals surface area contributed by atoms with Crippen molar-refractivity contribution < 1.29 is 23.1 Å². The van der Waals surface area contributed by atoms with Crippen LogP contribution in [0.5, 0.6) is 5.75 Å². The molecule has 0 aliphatic carbocycles. The molecule has 0 spiro atoms. The molecule has 1 heterocycles. The van der Waals surface area contributed by atoms with Gasteiger partial charge in [0.25, 0.3) is 0 Å². The van der Waals surface area contributed by atoms with Gasteiger partial charge in [-0.25, -0.2) is 4.98 Å². The topological polar surface area (TPSA) is 65.5 Å². The van der Waals surface area contributed by atoms with Gasteiger partial charge in [0.2, 0.25) is 5.91 Å². The van der Waals surface area contributed by atoms with Crippen molar-refractivity contribution in [3.05, 3.63) is 52.7 Å². The zero-order valence-corrected chi connectivity index (χ0v) is 16.0. The van der Waals surface area contributed by atoms with Gasteiger partial charge in [-0.2, -0.15) is 13.2 Å². The Morgan fingerprint density at radius 2 is 2.04 bits per heavy atom. The van der Waals surface area contributed by atoms with Crippen molar-refractivity contribution in [2.45, 2.75) is 32.5 Å². The molecule has 0 saturated carbocycles. The largest absolute Gasteiger partial charge is 0.508 e. The first kappa shape index (κ1) is 21.8. The number of phenolic OH excluding ortho intramolecular Hbond substituents is 1. The molecule has 0 aliphatic rings. The highest BCUT2D eigenvalue weighted by molar-refractivity contribution is 6.32. The number of nitrogens with zero attached hydrogens (tertiary/aromatic N) is 2. The van der Waals surface area contributed by atoms with Crippen molar-refractivity contribution in [3.63, 3.8) is 0 Å². The minimum Gasteiger partial charge on any atom is -0.508 e. The third-order valence-corrected chi connectivity index (χ3v) is 4.29. The average Bonchev–Trinajstić information content (AvgIpc) is 2.63. The lowest BCUT2D eigenvalue weighted by Gasteiger charge is -2.23. The number of carbonyl (C=O) groups is 1. The molecule has 28 heavy (non-hydrogen) atoms. The third-order valence-electron chi connectivity index (χ3n) is 4.00. The van der Waals surface area contributed by atoms with Gasteiger partial charge in [-0.15, -0.1) is 0 Å². The molecule has 0 atom stereocenters. The van der Waals surface area contributed by atoms with Crippen LogP contribution in [0.1, 0.15) is 30.9 Å². The maximum absolute atomic E-state index is 12.6. The second-order valence-corrected chi connectivity index (χ2v) is 6.58. The van der Waals surface area contributed by atoms with E-state index in [1.807, 2.05) is 6.92 Å². The fraction of sp³-hybridized carbons (Fsp3) is 0.368. The second-order valence-electron chi connectivity index (χ2n) is 6.17. The highest BCUT2D eigenvalue weighted by Gasteiger charge is 2.31. The number of nitrogens with one attached hydrogen (secondary N) is 1. The zero-order chi connectivity index (χ0) is 20.7. The number of hydrogen-bond donors (Lipinski definition) is 2. The summed E-state index contributed by atoms with van der Waals surface area (Å²) < 4.78 is 37.9. The molecule has 0 bridgehead atoms. The van der Waals surface area contributed by atoms with Crippen LogP contribution in [0.25, 0.3) is 0 Å². The van der Waals surface area contributed by atoms with Gasteiger partial charge in [0, 0.05) is 37.8 Å². The number of aromatic hydroxyl groups is 1. The van der Waals surface area contributed by atoms with Crippen LogP contribution in [0.3, 0.4) is 0 Å². The number of rotatable bonds is 8. The Kier molecular flexibility index (Phi) is 7.51. The van der Waals surface area contributed by atoms with Gasteiger partial charge in [0.15, 0.2) is 0 Å². The molecule has 0 radical (unpaired) electrons. The van der Waals surface area contributed by atoms with E-state index in [2.05, 4.69) is 10.3 Å². The first-order valence-electron chi connectivity index (χ1n) is 8.73. The number of alkyl halides is 3. The maximum atomic E-state index is 12.6. The lowest BCUT2D eigenvalue weighted by atomic mass is 10.1. The summed E-state index contributed by atoms with van der Waals surface area (Å²) in [6.45, 7) is 2.90. The van der Waals surface area contributed by atoms with E-state index in [0.717, 1.165) is 12.5 Å². The van der Waals surface area contributed by atoms with E-state index in [0.29, 0.717) is 18.3 Å². The summed E-state index contributed by atoms with van der Waals surface area (Å²) in [6, 6.07) is 7.58. The minimum absolute atomic E-state index is 0.0882. The first-order chi connectivity index (χ1) is 13.2. The van der Waals surface area contributed by atoms with Crippen LogP contribution in [0.15, 0.2) is 36.5 Å². The lowest BCUT2D eigenvalue weighted by Crippen LogP contribution is -2.32. The van der Waals surface area contributed by atoms with E-state index < -0.39 is 11.7 Å². The van der Waals surface area contributed by atoms with Gasteiger partial charge in [-0.05, 0) is 18.6 Å². The second kappa shape index (κ2) is 9.64. The molecule has 1 aromatic carbocycles. The summed E-state index contributed by atoms with van der Waals surface area (Å²) >= 11 is 5.84. The molecule has 152 valence electrons. The summed E-state index contributed by atoms with van der Waals surface area (Å²) in [5.74, 6) is 0.0566. The van der Waals surface area contributed by atoms with E-state index in [-0.39, 0.29) is 42.0 Å². The number of amides is 1. The molecule has 0 saturated heterocycles. The Hall–Kier alpha value is -2.48. The highest BCUT2D eigenvalue weighted by Crippen LogP contribution is 2.32. The highest BCUT2D eigenvalue weighted by atomic mass is 35.5. The van der Waals surface area contributed by atoms with Gasteiger partial charge in [0.1, 0.15) is 11.6 Å². The van der Waals surface area contributed by atoms with E-state index in [4.69, 9.17) is 11.6 Å². The molecule has 9 heteroatoms. The van der Waals surface area contributed by atoms with Crippen molar-refractivity contribution in [1.29, 1.82) is 0 Å². The summed E-state index contributed by atoms with van der Waals surface area (Å²) in [7, 11) is 0. The molecule has 5 nitrogen and oxygen atoms in total. The Morgan fingerprint density at radius 3 is 2.64 bits per heavy atom. The zero-order valence-electron chi connectivity index (χ0n) is 15.3. The van der Waals surface area contributed by atoms with Crippen LogP contribution in [0.4, 0.5) is 19.0 Å². The van der Waals surface area contributed by atoms with Crippen molar-refractivity contribution in [3.8, 4) is 5.75 Å². The Bertz CT molecular complexity index is 815. The molecule has 2 N–H and O–H groups in total. The van der Waals surface area contributed by atoms with Crippen LogP contribution in [-0.4, -0.2) is 34.0 Å². The van der Waals surface area contributed by atoms with Gasteiger partial charge in [-0.1, -0.05) is 36.7 Å². The summed E-state index contributed by atoms with van der Waals surface area (Å²) in [5.41, 5.74) is -0.291. The molecule has 1 amide bonds. The number of para-hydroxylation sites is 1. The number of benzene rings is 1. The number of anilines is 1. The van der Waals surface area contributed by atoms with E-state index in [1.54, 1.807) is 29.2 Å². The number of pyridine rings is 1. The first-order valence-corrected chi connectivity index (χ1v) is 9.11. The monoisotopic (exact) mass is 415 g/mol. The van der Waals surface area contributed by atoms with Crippen LogP contribution >= 0.6 is 11.6 Å². The lowest BCUT2D eigenvalue weighted by molar-refractivity contribution is -0.137. The predicted molar refractivity (Wildman–Crippen MR) is 101 cm³/mol. The van der Waals surface area contributed by atoms with Gasteiger partial charge in [0.05, 0.1) is 10.6 Å². The van der Waals surface area contributed by atoms with Crippen LogP contribution < -0.4 is 5.32 Å². The number of hydrogen-bond acceptors (Lipinski definition) is 4. The molecular formula is C19H21ClF3N3O2. The van der Waals surface area contributed by atoms with Crippen LogP contribution in [-0.2, 0) is 17.5 Å². The molecule has 0 fully saturated rings. The standard InChI is InChI=1S/C19H21ClF3N3O2/c1-2-9-26(12-13-5-3-4-6-16(13)27)17(28)7-8-24-18-15(20)10-14(11-25-18)19(21,22)23/h3-6,10-11,27H,2,7-9,12H2,1H3,(H,24,25). The quantitative estimate of drug-likeness (QED) is 0.656. The summed E-state index contributed by atoms with van der Waals surface area (Å²) in [4.78, 5) is 17.8. The normalized spacial score (nSPS) is 11.3. The number of aromatic nitrogens is 1. The Morgan fingerprint density at radius 1 is 1.32 bits per heavy atom. The van der Waals surface area contributed by atoms with Crippen molar-refractivity contribution in [1.82, 2.24) is 9.88 Å². The van der Waals surface area contributed by atoms with E-state index in [1.165, 1.54) is 0 Å². The molecule has 2 aromatic rings. The van der Waals surface area contributed by atoms with Gasteiger partial charge in [-0.3, -0.25) is 4.79 Å². The number of carbonyl (C=O) groups excluding carboxylic acids is 1. The van der Waals surface area contributed by atoms with Crippen molar-refractivity contribution >= 4 is 23.3 Å². The van der Waals surface area contributed by atoms with Crippen LogP contribution in [0, 0.1) is 0 Å². The fourth-order valence-electron chi connectivity index (χ4n) is 2.58. The van der Waals surface area contributed by atoms with E-state index in [9.17, 15) is 23.1 Å². The van der Waals surface area contributed by atoms with E-state index >= 15 is 0 Å². The van der Waals surface area contributed by atoms with Crippen molar-refractivity contribution in [2.75, 3.05) is 18.4 Å². The number of halogens is 4. The Labute approximate surface area is 166 Å². The number of phenols is 1. The summed E-state index contributed by atoms with van der Waals surface area (Å²) in [6.07, 6.45) is -2.97.